The minimum absolute atomic E-state index is 0.0752. The Bertz CT molecular complexity index is 1450. The van der Waals surface area contributed by atoms with Crippen LogP contribution in [0.1, 0.15) is 68.9 Å². The number of aryl methyl sites for hydroxylation is 1. The molecule has 198 valence electrons. The van der Waals surface area contributed by atoms with E-state index in [9.17, 15) is 9.59 Å². The maximum atomic E-state index is 13.8. The van der Waals surface area contributed by atoms with Crippen molar-refractivity contribution in [2.75, 3.05) is 31.1 Å². The second-order valence-electron chi connectivity index (χ2n) is 11.0. The Labute approximate surface area is 225 Å². The molecule has 3 aromatic rings. The molecule has 3 heterocycles. The molecule has 0 bridgehead atoms. The highest BCUT2D eigenvalue weighted by Gasteiger charge is 2.22. The Kier molecular flexibility index (Phi) is 7.35. The van der Waals surface area contributed by atoms with Crippen LogP contribution in [0.25, 0.3) is 22.0 Å². The van der Waals surface area contributed by atoms with Crippen LogP contribution in [0.4, 0.5) is 5.82 Å². The lowest BCUT2D eigenvalue weighted by molar-refractivity contribution is -0.115. The van der Waals surface area contributed by atoms with Crippen molar-refractivity contribution in [3.63, 3.8) is 0 Å². The number of nitrogens with one attached hydrogen (secondary N) is 1. The molecule has 0 atom stereocenters. The van der Waals surface area contributed by atoms with Gasteiger partial charge in [0.2, 0.25) is 0 Å². The molecule has 2 aliphatic rings. The summed E-state index contributed by atoms with van der Waals surface area (Å²) in [6.45, 7) is 14.2. The van der Waals surface area contributed by atoms with E-state index in [1.807, 2.05) is 26.1 Å². The molecule has 5 rings (SSSR count). The van der Waals surface area contributed by atoms with E-state index < -0.39 is 0 Å². The molecule has 0 unspecified atom stereocenters. The highest BCUT2D eigenvalue weighted by Crippen LogP contribution is 2.34. The van der Waals surface area contributed by atoms with Gasteiger partial charge in [-0.2, -0.15) is 0 Å². The number of carbonyl (C=O) groups is 2. The molecule has 1 N–H and O–H groups in total. The van der Waals surface area contributed by atoms with Gasteiger partial charge in [0.05, 0.1) is 0 Å². The number of rotatable bonds is 7. The number of pyridine rings is 1. The first-order valence-corrected chi connectivity index (χ1v) is 13.7. The molecule has 6 nitrogen and oxygen atoms in total. The molecule has 1 saturated heterocycles. The summed E-state index contributed by atoms with van der Waals surface area (Å²) in [5, 5.41) is 4.39. The minimum Gasteiger partial charge on any atom is -0.354 e. The Morgan fingerprint density at radius 1 is 1.08 bits per heavy atom. The van der Waals surface area contributed by atoms with E-state index in [1.165, 1.54) is 0 Å². The van der Waals surface area contributed by atoms with E-state index in [1.54, 1.807) is 0 Å². The van der Waals surface area contributed by atoms with E-state index in [2.05, 4.69) is 66.0 Å². The molecule has 38 heavy (non-hydrogen) atoms. The van der Waals surface area contributed by atoms with Crippen LogP contribution in [0.2, 0.25) is 0 Å². The molecule has 0 amide bonds. The third kappa shape index (κ3) is 5.10. The lowest BCUT2D eigenvalue weighted by Crippen LogP contribution is -2.43. The number of ketones is 2. The normalized spacial score (nSPS) is 16.5. The molecule has 1 aromatic carbocycles. The monoisotopic (exact) mass is 510 g/mol. The van der Waals surface area contributed by atoms with Gasteiger partial charge in [-0.1, -0.05) is 11.6 Å². The number of anilines is 1. The lowest BCUT2D eigenvalue weighted by atomic mass is 9.88. The van der Waals surface area contributed by atoms with E-state index in [0.29, 0.717) is 19.3 Å². The van der Waals surface area contributed by atoms with Gasteiger partial charge in [-0.05, 0) is 87.6 Å². The molecule has 1 fully saturated rings. The summed E-state index contributed by atoms with van der Waals surface area (Å²) in [5.74, 6) is 1.21. The predicted molar refractivity (Wildman–Crippen MR) is 155 cm³/mol. The van der Waals surface area contributed by atoms with Crippen molar-refractivity contribution in [3.05, 3.63) is 70.6 Å². The summed E-state index contributed by atoms with van der Waals surface area (Å²) in [6, 6.07) is 8.67. The third-order valence-electron chi connectivity index (χ3n) is 7.82. The number of allylic oxidation sites excluding steroid dienone is 4. The molecule has 0 spiro atoms. The maximum absolute atomic E-state index is 13.8. The first-order valence-electron chi connectivity index (χ1n) is 13.7. The van der Waals surface area contributed by atoms with Crippen LogP contribution >= 0.6 is 0 Å². The van der Waals surface area contributed by atoms with Crippen molar-refractivity contribution in [1.29, 1.82) is 0 Å². The zero-order valence-electron chi connectivity index (χ0n) is 23.2. The van der Waals surface area contributed by atoms with Crippen LogP contribution in [0.15, 0.2) is 59.5 Å². The first-order chi connectivity index (χ1) is 18.2. The van der Waals surface area contributed by atoms with Gasteiger partial charge < -0.3 is 14.8 Å². The van der Waals surface area contributed by atoms with Gasteiger partial charge >= 0.3 is 0 Å². The van der Waals surface area contributed by atoms with Crippen molar-refractivity contribution in [2.24, 2.45) is 0 Å². The zero-order valence-corrected chi connectivity index (χ0v) is 23.2. The van der Waals surface area contributed by atoms with Gasteiger partial charge in [0.25, 0.3) is 0 Å². The Morgan fingerprint density at radius 2 is 1.84 bits per heavy atom. The van der Waals surface area contributed by atoms with Gasteiger partial charge in [0.15, 0.2) is 11.6 Å². The highest BCUT2D eigenvalue weighted by molar-refractivity contribution is 6.11. The Balaban J connectivity index is 1.51. The minimum atomic E-state index is 0.0752. The van der Waals surface area contributed by atoms with Gasteiger partial charge in [0.1, 0.15) is 5.82 Å². The fourth-order valence-electron chi connectivity index (χ4n) is 5.84. The number of aromatic nitrogens is 2. The summed E-state index contributed by atoms with van der Waals surface area (Å²) < 4.78 is 2.25. The smallest absolute Gasteiger partial charge is 0.163 e. The molecule has 1 aliphatic heterocycles. The van der Waals surface area contributed by atoms with E-state index in [-0.39, 0.29) is 17.6 Å². The van der Waals surface area contributed by atoms with Crippen molar-refractivity contribution in [2.45, 2.75) is 59.9 Å². The van der Waals surface area contributed by atoms with Gasteiger partial charge in [0, 0.05) is 79.5 Å². The van der Waals surface area contributed by atoms with E-state index in [0.717, 1.165) is 81.9 Å². The van der Waals surface area contributed by atoms with Gasteiger partial charge in [-0.3, -0.25) is 9.59 Å². The average Bonchev–Trinajstić information content (AvgIpc) is 3.24. The number of benzene rings is 1. The molecule has 0 radical (unpaired) electrons. The first kappa shape index (κ1) is 26.1. The number of carbonyl (C=O) groups excluding carboxylic acids is 2. The van der Waals surface area contributed by atoms with E-state index in [4.69, 9.17) is 4.98 Å². The number of Topliss-reactive ketones (excluding diaryl/α,β-unsaturated/α-hetero) is 2. The van der Waals surface area contributed by atoms with Crippen molar-refractivity contribution < 1.29 is 9.59 Å². The quantitative estimate of drug-likeness (QED) is 0.383. The van der Waals surface area contributed by atoms with Crippen LogP contribution in [-0.4, -0.2) is 47.3 Å². The Hall–Kier alpha value is -3.51. The maximum Gasteiger partial charge on any atom is 0.163 e. The molecular formula is C32H38N4O2. The molecular weight excluding hydrogens is 472 g/mol. The zero-order chi connectivity index (χ0) is 27.0. The van der Waals surface area contributed by atoms with Gasteiger partial charge in [-0.15, -0.1) is 0 Å². The van der Waals surface area contributed by atoms with Crippen molar-refractivity contribution in [3.8, 4) is 11.1 Å². The molecule has 0 saturated carbocycles. The fraction of sp³-hybridized carbons (Fsp3) is 0.406. The molecule has 1 aliphatic carbocycles. The summed E-state index contributed by atoms with van der Waals surface area (Å²) in [6.07, 6.45) is 7.39. The standard InChI is InChI=1S/C32H38N4O2/c1-20(2)36-19-23(5)32-27(29(37)8-7-26-22(4)14-21(3)15-30(26)38)16-25(17-28(32)36)24-6-9-31(34-18-24)35-12-10-33-11-13-35/h6,9,14,16-20,33H,7-8,10-13,15H2,1-5H3. The van der Waals surface area contributed by atoms with Crippen LogP contribution in [0, 0.1) is 6.92 Å². The number of hydrogen-bond donors (Lipinski definition) is 1. The summed E-state index contributed by atoms with van der Waals surface area (Å²) in [4.78, 5) is 33.5. The van der Waals surface area contributed by atoms with Crippen LogP contribution < -0.4 is 10.2 Å². The van der Waals surface area contributed by atoms with Crippen LogP contribution in [-0.2, 0) is 4.79 Å². The number of hydrogen-bond acceptors (Lipinski definition) is 5. The largest absolute Gasteiger partial charge is 0.354 e. The van der Waals surface area contributed by atoms with E-state index >= 15 is 0 Å². The van der Waals surface area contributed by atoms with Crippen molar-refractivity contribution in [1.82, 2.24) is 14.9 Å². The number of nitrogens with zero attached hydrogens (tertiary/aromatic N) is 3. The average molecular weight is 511 g/mol. The second kappa shape index (κ2) is 10.7. The SMILES string of the molecule is CC1=CC(C)=C(CCC(=O)c2cc(-c3ccc(N4CCNCC4)nc3)cc3c2c(C)cn3C(C)C)C(=O)C1. The lowest BCUT2D eigenvalue weighted by Gasteiger charge is -2.28. The topological polar surface area (TPSA) is 67.2 Å². The second-order valence-corrected chi connectivity index (χ2v) is 11.0. The van der Waals surface area contributed by atoms with Crippen molar-refractivity contribution >= 4 is 28.3 Å². The third-order valence-corrected chi connectivity index (χ3v) is 7.82. The number of piperazine rings is 1. The fourth-order valence-corrected chi connectivity index (χ4v) is 5.84. The Morgan fingerprint density at radius 3 is 2.50 bits per heavy atom. The summed E-state index contributed by atoms with van der Waals surface area (Å²) in [5.41, 5.74) is 7.74. The summed E-state index contributed by atoms with van der Waals surface area (Å²) in [7, 11) is 0. The molecule has 6 heteroatoms. The molecule has 2 aromatic heterocycles. The van der Waals surface area contributed by atoms with Crippen LogP contribution in [0.3, 0.4) is 0 Å². The summed E-state index contributed by atoms with van der Waals surface area (Å²) >= 11 is 0. The van der Waals surface area contributed by atoms with Crippen LogP contribution in [0.5, 0.6) is 0 Å². The highest BCUT2D eigenvalue weighted by atomic mass is 16.1. The van der Waals surface area contributed by atoms with Gasteiger partial charge in [-0.25, -0.2) is 4.98 Å². The predicted octanol–water partition coefficient (Wildman–Crippen LogP) is 6.20. The number of fused-ring (bicyclic) bond motifs is 1.